The first kappa shape index (κ1) is 16.3. The van der Waals surface area contributed by atoms with E-state index in [9.17, 15) is 0 Å². The lowest BCUT2D eigenvalue weighted by Gasteiger charge is -1.96. The SMILES string of the molecule is N#Cc1cc(C#N)c(C#N)cc1C#N.c1ccc2ccccc2c1. The van der Waals surface area contributed by atoms with Gasteiger partial charge in [0.1, 0.15) is 24.3 Å². The van der Waals surface area contributed by atoms with Crippen LogP contribution in [0.15, 0.2) is 60.7 Å². The van der Waals surface area contributed by atoms with Gasteiger partial charge in [-0.3, -0.25) is 0 Å². The van der Waals surface area contributed by atoms with E-state index in [1.807, 2.05) is 0 Å². The Morgan fingerprint density at radius 3 is 0.917 bits per heavy atom. The minimum absolute atomic E-state index is 0.114. The van der Waals surface area contributed by atoms with Crippen molar-refractivity contribution < 1.29 is 0 Å². The van der Waals surface area contributed by atoms with Crippen molar-refractivity contribution in [3.05, 3.63) is 82.9 Å². The Hall–Kier alpha value is -4.12. The Bertz CT molecular complexity index is 890. The van der Waals surface area contributed by atoms with Crippen LogP contribution in [0.3, 0.4) is 0 Å². The molecule has 110 valence electrons. The minimum atomic E-state index is 0.114. The van der Waals surface area contributed by atoms with Gasteiger partial charge in [0.05, 0.1) is 22.3 Å². The highest BCUT2D eigenvalue weighted by Gasteiger charge is 2.08. The predicted octanol–water partition coefficient (Wildman–Crippen LogP) is 4.01. The van der Waals surface area contributed by atoms with Crippen molar-refractivity contribution in [1.29, 1.82) is 21.0 Å². The van der Waals surface area contributed by atoms with E-state index in [4.69, 9.17) is 21.0 Å². The lowest BCUT2D eigenvalue weighted by atomic mass is 10.0. The van der Waals surface area contributed by atoms with Crippen molar-refractivity contribution >= 4 is 10.8 Å². The standard InChI is InChI=1S/C10H2N4.C10H8/c11-3-7-1-8(4-12)10(6-14)2-9(7)5-13;1-2-6-10-8-4-3-7-9(10)5-1/h1-2H;1-8H. The fraction of sp³-hybridized carbons (Fsp3) is 0. The van der Waals surface area contributed by atoms with Gasteiger partial charge in [-0.05, 0) is 22.9 Å². The molecule has 0 bridgehead atoms. The summed E-state index contributed by atoms with van der Waals surface area (Å²) >= 11 is 0. The van der Waals surface area contributed by atoms with Crippen molar-refractivity contribution in [1.82, 2.24) is 0 Å². The van der Waals surface area contributed by atoms with Gasteiger partial charge in [-0.15, -0.1) is 0 Å². The maximum Gasteiger partial charge on any atom is 0.101 e. The molecule has 0 N–H and O–H groups in total. The van der Waals surface area contributed by atoms with Crippen molar-refractivity contribution in [3.63, 3.8) is 0 Å². The number of rotatable bonds is 0. The molecule has 0 aromatic heterocycles. The van der Waals surface area contributed by atoms with E-state index in [-0.39, 0.29) is 22.3 Å². The van der Waals surface area contributed by atoms with Gasteiger partial charge in [-0.25, -0.2) is 0 Å². The van der Waals surface area contributed by atoms with E-state index in [0.29, 0.717) is 0 Å². The molecular formula is C20H10N4. The second-order valence-electron chi connectivity index (χ2n) is 4.74. The molecule has 0 fully saturated rings. The summed E-state index contributed by atoms with van der Waals surface area (Å²) in [6.45, 7) is 0. The quantitative estimate of drug-likeness (QED) is 0.626. The summed E-state index contributed by atoms with van der Waals surface area (Å²) in [4.78, 5) is 0. The number of nitriles is 4. The number of benzene rings is 3. The number of nitrogens with zero attached hydrogens (tertiary/aromatic N) is 4. The molecule has 4 heteroatoms. The number of hydrogen-bond donors (Lipinski definition) is 0. The van der Waals surface area contributed by atoms with Gasteiger partial charge in [-0.1, -0.05) is 48.5 Å². The van der Waals surface area contributed by atoms with Crippen molar-refractivity contribution in [3.8, 4) is 24.3 Å². The molecule has 0 spiro atoms. The van der Waals surface area contributed by atoms with E-state index >= 15 is 0 Å². The minimum Gasteiger partial charge on any atom is -0.192 e. The molecule has 0 unspecified atom stereocenters. The Labute approximate surface area is 139 Å². The van der Waals surface area contributed by atoms with E-state index in [1.165, 1.54) is 22.9 Å². The first-order valence-corrected chi connectivity index (χ1v) is 6.95. The zero-order valence-corrected chi connectivity index (χ0v) is 12.6. The molecule has 3 aromatic rings. The maximum atomic E-state index is 8.64. The molecule has 0 saturated heterocycles. The van der Waals surface area contributed by atoms with Gasteiger partial charge in [-0.2, -0.15) is 21.0 Å². The predicted molar refractivity (Wildman–Crippen MR) is 89.3 cm³/mol. The third kappa shape index (κ3) is 3.55. The fourth-order valence-corrected chi connectivity index (χ4v) is 2.10. The van der Waals surface area contributed by atoms with Gasteiger partial charge in [0.15, 0.2) is 0 Å². The third-order valence-electron chi connectivity index (χ3n) is 3.30. The lowest BCUT2D eigenvalue weighted by molar-refractivity contribution is 1.38. The van der Waals surface area contributed by atoms with Crippen LogP contribution in [0.4, 0.5) is 0 Å². The summed E-state index contributed by atoms with van der Waals surface area (Å²) in [5, 5.41) is 37.2. The van der Waals surface area contributed by atoms with Crippen LogP contribution in [0.25, 0.3) is 10.8 Å². The smallest absolute Gasteiger partial charge is 0.101 e. The second kappa shape index (κ2) is 7.77. The van der Waals surface area contributed by atoms with Crippen LogP contribution >= 0.6 is 0 Å². The summed E-state index contributed by atoms with van der Waals surface area (Å²) in [5.74, 6) is 0. The number of hydrogen-bond acceptors (Lipinski definition) is 4. The normalized spacial score (nSPS) is 8.67. The van der Waals surface area contributed by atoms with E-state index in [1.54, 1.807) is 24.3 Å². The molecule has 0 heterocycles. The molecule has 0 aliphatic rings. The zero-order valence-electron chi connectivity index (χ0n) is 12.6. The van der Waals surface area contributed by atoms with Crippen LogP contribution in [0.1, 0.15) is 22.3 Å². The lowest BCUT2D eigenvalue weighted by Crippen LogP contribution is -1.90. The fourth-order valence-electron chi connectivity index (χ4n) is 2.10. The van der Waals surface area contributed by atoms with Gasteiger partial charge in [0, 0.05) is 0 Å². The van der Waals surface area contributed by atoms with Crippen molar-refractivity contribution in [2.45, 2.75) is 0 Å². The van der Waals surface area contributed by atoms with E-state index in [0.717, 1.165) is 0 Å². The van der Waals surface area contributed by atoms with Gasteiger partial charge >= 0.3 is 0 Å². The highest BCUT2D eigenvalue weighted by atomic mass is 14.3. The van der Waals surface area contributed by atoms with Crippen molar-refractivity contribution in [2.75, 3.05) is 0 Å². The van der Waals surface area contributed by atoms with Crippen LogP contribution in [0.5, 0.6) is 0 Å². The molecular weight excluding hydrogens is 296 g/mol. The third-order valence-corrected chi connectivity index (χ3v) is 3.30. The Morgan fingerprint density at radius 2 is 0.708 bits per heavy atom. The van der Waals surface area contributed by atoms with Crippen LogP contribution < -0.4 is 0 Å². The van der Waals surface area contributed by atoms with Crippen LogP contribution in [-0.2, 0) is 0 Å². The molecule has 0 aliphatic carbocycles. The average Bonchev–Trinajstić information content (AvgIpc) is 2.67. The van der Waals surface area contributed by atoms with Crippen LogP contribution in [0, 0.1) is 45.3 Å². The van der Waals surface area contributed by atoms with Crippen LogP contribution in [0.2, 0.25) is 0 Å². The monoisotopic (exact) mass is 306 g/mol. The molecule has 0 aliphatic heterocycles. The topological polar surface area (TPSA) is 95.2 Å². The Kier molecular flexibility index (Phi) is 5.26. The molecule has 24 heavy (non-hydrogen) atoms. The molecule has 0 atom stereocenters. The van der Waals surface area contributed by atoms with Gasteiger partial charge < -0.3 is 0 Å². The van der Waals surface area contributed by atoms with Crippen LogP contribution in [-0.4, -0.2) is 0 Å². The number of fused-ring (bicyclic) bond motifs is 1. The summed E-state index contributed by atoms with van der Waals surface area (Å²) < 4.78 is 0. The average molecular weight is 306 g/mol. The highest BCUT2D eigenvalue weighted by Crippen LogP contribution is 2.14. The first-order chi connectivity index (χ1) is 11.7. The molecule has 4 nitrogen and oxygen atoms in total. The van der Waals surface area contributed by atoms with E-state index < -0.39 is 0 Å². The highest BCUT2D eigenvalue weighted by molar-refractivity contribution is 5.82. The molecule has 0 saturated carbocycles. The summed E-state index contributed by atoms with van der Waals surface area (Å²) in [5.41, 5.74) is 0.456. The van der Waals surface area contributed by atoms with Gasteiger partial charge in [0.2, 0.25) is 0 Å². The molecule has 0 radical (unpaired) electrons. The van der Waals surface area contributed by atoms with Crippen molar-refractivity contribution in [2.24, 2.45) is 0 Å². The summed E-state index contributed by atoms with van der Waals surface area (Å²) in [7, 11) is 0. The summed E-state index contributed by atoms with van der Waals surface area (Å²) in [6.07, 6.45) is 0. The Balaban J connectivity index is 0.000000182. The molecule has 3 aromatic carbocycles. The largest absolute Gasteiger partial charge is 0.192 e. The second-order valence-corrected chi connectivity index (χ2v) is 4.74. The molecule has 0 amide bonds. The van der Waals surface area contributed by atoms with Gasteiger partial charge in [0.25, 0.3) is 0 Å². The first-order valence-electron chi connectivity index (χ1n) is 6.95. The summed E-state index contributed by atoms with van der Waals surface area (Å²) in [6, 6.07) is 26.4. The van der Waals surface area contributed by atoms with E-state index in [2.05, 4.69) is 48.5 Å². The zero-order chi connectivity index (χ0) is 17.4. The molecule has 3 rings (SSSR count). The Morgan fingerprint density at radius 1 is 0.458 bits per heavy atom. The maximum absolute atomic E-state index is 8.64.